The molecular formula is C22H25F3N2O3S. The number of amides is 1. The smallest absolute Gasteiger partial charge is 0.336 e. The van der Waals surface area contributed by atoms with Gasteiger partial charge in [0, 0.05) is 31.7 Å². The van der Waals surface area contributed by atoms with Gasteiger partial charge in [0.2, 0.25) is 10.0 Å². The van der Waals surface area contributed by atoms with Crippen LogP contribution in [0.25, 0.3) is 0 Å². The van der Waals surface area contributed by atoms with Gasteiger partial charge in [0.15, 0.2) is 0 Å². The second kappa shape index (κ2) is 8.27. The molecule has 2 aromatic carbocycles. The number of benzene rings is 2. The first-order valence-corrected chi connectivity index (χ1v) is 11.3. The summed E-state index contributed by atoms with van der Waals surface area (Å²) < 4.78 is 66.5. The highest BCUT2D eigenvalue weighted by molar-refractivity contribution is 7.89. The molecule has 5 nitrogen and oxygen atoms in total. The molecule has 0 atom stereocenters. The second-order valence-electron chi connectivity index (χ2n) is 8.52. The first-order valence-electron chi connectivity index (χ1n) is 9.88. The van der Waals surface area contributed by atoms with Crippen molar-refractivity contribution in [2.24, 2.45) is 0 Å². The van der Waals surface area contributed by atoms with E-state index in [1.807, 2.05) is 12.1 Å². The van der Waals surface area contributed by atoms with E-state index in [2.05, 4.69) is 20.8 Å². The molecule has 1 amide bonds. The summed E-state index contributed by atoms with van der Waals surface area (Å²) in [7, 11) is -4.34. The van der Waals surface area contributed by atoms with Crippen molar-refractivity contribution >= 4 is 15.9 Å². The lowest BCUT2D eigenvalue weighted by Crippen LogP contribution is -2.50. The molecule has 1 heterocycles. The molecule has 3 rings (SSSR count). The Labute approximate surface area is 180 Å². The molecule has 31 heavy (non-hydrogen) atoms. The molecule has 9 heteroatoms. The van der Waals surface area contributed by atoms with Crippen LogP contribution in [-0.2, 0) is 21.6 Å². The molecule has 1 aliphatic heterocycles. The third kappa shape index (κ3) is 4.93. The third-order valence-corrected chi connectivity index (χ3v) is 7.29. The number of sulfonamides is 1. The van der Waals surface area contributed by atoms with Crippen LogP contribution in [0.15, 0.2) is 53.4 Å². The fraction of sp³-hybridized carbons (Fsp3) is 0.409. The Morgan fingerprint density at radius 3 is 1.94 bits per heavy atom. The van der Waals surface area contributed by atoms with Crippen LogP contribution in [0.3, 0.4) is 0 Å². The minimum absolute atomic E-state index is 0.0474. The topological polar surface area (TPSA) is 57.7 Å². The lowest BCUT2D eigenvalue weighted by Gasteiger charge is -2.34. The van der Waals surface area contributed by atoms with Gasteiger partial charge >= 0.3 is 6.18 Å². The van der Waals surface area contributed by atoms with Gasteiger partial charge in [-0.1, -0.05) is 45.0 Å². The van der Waals surface area contributed by atoms with Gasteiger partial charge in [0.25, 0.3) is 5.91 Å². The molecule has 168 valence electrons. The summed E-state index contributed by atoms with van der Waals surface area (Å²) in [5.41, 5.74) is 0.344. The maximum absolute atomic E-state index is 13.3. The van der Waals surface area contributed by atoms with Crippen LogP contribution in [0.4, 0.5) is 13.2 Å². The van der Waals surface area contributed by atoms with Crippen molar-refractivity contribution in [1.29, 1.82) is 0 Å². The van der Waals surface area contributed by atoms with Crippen molar-refractivity contribution in [2.75, 3.05) is 26.2 Å². The van der Waals surface area contributed by atoms with Gasteiger partial charge < -0.3 is 4.90 Å². The van der Waals surface area contributed by atoms with Gasteiger partial charge in [0.1, 0.15) is 0 Å². The highest BCUT2D eigenvalue weighted by Gasteiger charge is 2.39. The van der Waals surface area contributed by atoms with Gasteiger partial charge in [-0.3, -0.25) is 4.79 Å². The molecule has 0 spiro atoms. The number of halogens is 3. The first-order chi connectivity index (χ1) is 14.3. The zero-order valence-corrected chi connectivity index (χ0v) is 18.4. The van der Waals surface area contributed by atoms with Crippen molar-refractivity contribution in [3.8, 4) is 0 Å². The minimum Gasteiger partial charge on any atom is -0.336 e. The third-order valence-electron chi connectivity index (χ3n) is 5.33. The summed E-state index contributed by atoms with van der Waals surface area (Å²) in [5, 5.41) is 0. The Morgan fingerprint density at radius 1 is 0.871 bits per heavy atom. The summed E-state index contributed by atoms with van der Waals surface area (Å²) in [5.74, 6) is -0.229. The maximum Gasteiger partial charge on any atom is 0.417 e. The fourth-order valence-corrected chi connectivity index (χ4v) is 5.13. The SMILES string of the molecule is CC(C)(C)c1ccc(C(=O)N2CCN(S(=O)(=O)c3ccccc3C(F)(F)F)CC2)cc1. The molecule has 0 aromatic heterocycles. The number of piperazine rings is 1. The van der Waals surface area contributed by atoms with Crippen LogP contribution in [0.1, 0.15) is 42.3 Å². The van der Waals surface area contributed by atoms with Gasteiger partial charge in [-0.05, 0) is 35.2 Å². The molecule has 1 saturated heterocycles. The highest BCUT2D eigenvalue weighted by Crippen LogP contribution is 2.35. The normalized spacial score (nSPS) is 16.4. The second-order valence-corrected chi connectivity index (χ2v) is 10.4. The standard InChI is InChI=1S/C22H25F3N2O3S/c1-21(2,3)17-10-8-16(9-11-17)20(28)26-12-14-27(15-13-26)31(29,30)19-7-5-4-6-18(19)22(23,24)25/h4-11H,12-15H2,1-3H3. The maximum atomic E-state index is 13.3. The lowest BCUT2D eigenvalue weighted by molar-refractivity contribution is -0.139. The molecule has 1 aliphatic rings. The summed E-state index contributed by atoms with van der Waals surface area (Å²) in [4.78, 5) is 13.5. The van der Waals surface area contributed by atoms with Gasteiger partial charge in [-0.2, -0.15) is 17.5 Å². The average molecular weight is 455 g/mol. The average Bonchev–Trinajstić information content (AvgIpc) is 2.72. The summed E-state index contributed by atoms with van der Waals surface area (Å²) in [6.45, 7) is 6.28. The predicted molar refractivity (Wildman–Crippen MR) is 111 cm³/mol. The zero-order valence-electron chi connectivity index (χ0n) is 17.6. The summed E-state index contributed by atoms with van der Waals surface area (Å²) in [6.07, 6.45) is -4.78. The number of nitrogens with zero attached hydrogens (tertiary/aromatic N) is 2. The number of carbonyl (C=O) groups excluding carboxylic acids is 1. The lowest BCUT2D eigenvalue weighted by atomic mass is 9.86. The van der Waals surface area contributed by atoms with E-state index in [1.54, 1.807) is 12.1 Å². The first kappa shape index (κ1) is 23.3. The summed E-state index contributed by atoms with van der Waals surface area (Å²) >= 11 is 0. The largest absolute Gasteiger partial charge is 0.417 e. The predicted octanol–water partition coefficient (Wildman–Crippen LogP) is 4.15. The van der Waals surface area contributed by atoms with E-state index < -0.39 is 26.7 Å². The monoisotopic (exact) mass is 454 g/mol. The molecule has 0 saturated carbocycles. The van der Waals surface area contributed by atoms with Crippen molar-refractivity contribution in [2.45, 2.75) is 37.3 Å². The van der Waals surface area contributed by atoms with Crippen LogP contribution >= 0.6 is 0 Å². The van der Waals surface area contributed by atoms with E-state index >= 15 is 0 Å². The van der Waals surface area contributed by atoms with Gasteiger partial charge in [0.05, 0.1) is 10.5 Å². The Kier molecular flexibility index (Phi) is 6.21. The molecule has 0 N–H and O–H groups in total. The molecule has 1 fully saturated rings. The van der Waals surface area contributed by atoms with Crippen molar-refractivity contribution in [3.63, 3.8) is 0 Å². The van der Waals surface area contributed by atoms with Crippen LogP contribution in [0.5, 0.6) is 0 Å². The Balaban J connectivity index is 1.73. The van der Waals surface area contributed by atoms with Crippen LogP contribution in [0.2, 0.25) is 0 Å². The number of carbonyl (C=O) groups is 1. The van der Waals surface area contributed by atoms with Crippen molar-refractivity contribution < 1.29 is 26.4 Å². The fourth-order valence-electron chi connectivity index (χ4n) is 3.49. The molecule has 2 aromatic rings. The van der Waals surface area contributed by atoms with Gasteiger partial charge in [-0.15, -0.1) is 0 Å². The Bertz CT molecular complexity index is 1050. The molecule has 0 aliphatic carbocycles. The van der Waals surface area contributed by atoms with Crippen molar-refractivity contribution in [3.05, 3.63) is 65.2 Å². The number of hydrogen-bond acceptors (Lipinski definition) is 3. The molecule has 0 radical (unpaired) electrons. The Hall–Kier alpha value is -2.39. The van der Waals surface area contributed by atoms with Crippen molar-refractivity contribution in [1.82, 2.24) is 9.21 Å². The van der Waals surface area contributed by atoms with E-state index in [1.165, 1.54) is 11.0 Å². The van der Waals surface area contributed by atoms with E-state index in [0.717, 1.165) is 28.1 Å². The summed E-state index contributed by atoms with van der Waals surface area (Å²) in [6, 6.07) is 11.4. The quantitative estimate of drug-likeness (QED) is 0.700. The number of alkyl halides is 3. The molecule has 0 unspecified atom stereocenters. The Morgan fingerprint density at radius 2 is 1.42 bits per heavy atom. The van der Waals surface area contributed by atoms with Crippen LogP contribution in [-0.4, -0.2) is 49.7 Å². The van der Waals surface area contributed by atoms with E-state index in [0.29, 0.717) is 5.56 Å². The van der Waals surface area contributed by atoms with Gasteiger partial charge in [-0.25, -0.2) is 8.42 Å². The molecule has 0 bridgehead atoms. The van der Waals surface area contributed by atoms with E-state index in [9.17, 15) is 26.4 Å². The van der Waals surface area contributed by atoms with Crippen LogP contribution < -0.4 is 0 Å². The molecular weight excluding hydrogens is 429 g/mol. The van der Waals surface area contributed by atoms with E-state index in [4.69, 9.17) is 0 Å². The number of rotatable bonds is 3. The van der Waals surface area contributed by atoms with E-state index in [-0.39, 0.29) is 37.5 Å². The minimum atomic E-state index is -4.78. The number of hydrogen-bond donors (Lipinski definition) is 0. The zero-order chi connectivity index (χ0) is 23.0. The highest BCUT2D eigenvalue weighted by atomic mass is 32.2. The van der Waals surface area contributed by atoms with Crippen LogP contribution in [0, 0.1) is 0 Å².